The maximum atomic E-state index is 12.6. The van der Waals surface area contributed by atoms with Crippen LogP contribution in [-0.4, -0.2) is 4.57 Å². The number of hydrogen-bond donors (Lipinski definition) is 0. The van der Waals surface area contributed by atoms with Crippen molar-refractivity contribution in [3.8, 4) is 16.8 Å². The zero-order valence-electron chi connectivity index (χ0n) is 18.2. The zero-order chi connectivity index (χ0) is 22.6. The van der Waals surface area contributed by atoms with Gasteiger partial charge in [0.15, 0.2) is 0 Å². The molecule has 0 aliphatic rings. The van der Waals surface area contributed by atoms with Crippen molar-refractivity contribution in [2.45, 2.75) is 0 Å². The third-order valence-corrected chi connectivity index (χ3v) is 6.64. The minimum Gasteiger partial charge on any atom is -0.422 e. The standard InChI is InChI=1S/C31H19NO2/c33-31-26-12-5-4-10-23(26)25-16-15-22(19-30(25)34-31)32-28-13-7-6-11-24(28)27-18-21(14-17-29(27)32)20-8-2-1-3-9-20/h1-19H. The molecule has 34 heavy (non-hydrogen) atoms. The van der Waals surface area contributed by atoms with E-state index in [1.165, 1.54) is 21.9 Å². The van der Waals surface area contributed by atoms with Gasteiger partial charge in [0.05, 0.1) is 16.4 Å². The molecule has 160 valence electrons. The predicted octanol–water partition coefficient (Wildman–Crippen LogP) is 7.71. The van der Waals surface area contributed by atoms with Crippen molar-refractivity contribution in [1.82, 2.24) is 4.57 Å². The van der Waals surface area contributed by atoms with E-state index in [2.05, 4.69) is 83.4 Å². The summed E-state index contributed by atoms with van der Waals surface area (Å²) in [6, 6.07) is 39.2. The van der Waals surface area contributed by atoms with Gasteiger partial charge < -0.3 is 8.98 Å². The lowest BCUT2D eigenvalue weighted by Gasteiger charge is -2.10. The normalized spacial score (nSPS) is 11.6. The highest BCUT2D eigenvalue weighted by atomic mass is 16.4. The second kappa shape index (κ2) is 7.19. The topological polar surface area (TPSA) is 35.1 Å². The first kappa shape index (κ1) is 18.9. The Balaban J connectivity index is 1.52. The smallest absolute Gasteiger partial charge is 0.344 e. The van der Waals surface area contributed by atoms with Gasteiger partial charge in [-0.15, -0.1) is 0 Å². The average molecular weight is 437 g/mol. The number of benzene rings is 5. The van der Waals surface area contributed by atoms with Crippen molar-refractivity contribution in [3.63, 3.8) is 0 Å². The van der Waals surface area contributed by atoms with Crippen LogP contribution in [0.25, 0.3) is 60.4 Å². The average Bonchev–Trinajstić information content (AvgIpc) is 3.23. The van der Waals surface area contributed by atoms with E-state index in [4.69, 9.17) is 4.42 Å². The molecule has 0 N–H and O–H groups in total. The molecule has 0 saturated carbocycles. The van der Waals surface area contributed by atoms with Crippen molar-refractivity contribution in [2.24, 2.45) is 0 Å². The van der Waals surface area contributed by atoms with E-state index in [1.807, 2.05) is 36.4 Å². The highest BCUT2D eigenvalue weighted by Gasteiger charge is 2.15. The molecular formula is C31H19NO2. The lowest BCUT2D eigenvalue weighted by Crippen LogP contribution is -2.00. The lowest BCUT2D eigenvalue weighted by atomic mass is 10.0. The van der Waals surface area contributed by atoms with Crippen molar-refractivity contribution >= 4 is 43.5 Å². The van der Waals surface area contributed by atoms with E-state index in [0.717, 1.165) is 27.5 Å². The number of aromatic nitrogens is 1. The molecule has 0 spiro atoms. The van der Waals surface area contributed by atoms with Crippen LogP contribution in [0, 0.1) is 0 Å². The van der Waals surface area contributed by atoms with E-state index in [0.29, 0.717) is 11.0 Å². The lowest BCUT2D eigenvalue weighted by molar-refractivity contribution is 0.569. The van der Waals surface area contributed by atoms with Crippen LogP contribution in [0.4, 0.5) is 0 Å². The van der Waals surface area contributed by atoms with Gasteiger partial charge in [-0.1, -0.05) is 72.8 Å². The van der Waals surface area contributed by atoms with Crippen LogP contribution < -0.4 is 5.63 Å². The first-order valence-electron chi connectivity index (χ1n) is 11.3. The quantitative estimate of drug-likeness (QED) is 0.205. The molecule has 0 unspecified atom stereocenters. The zero-order valence-corrected chi connectivity index (χ0v) is 18.2. The molecule has 0 radical (unpaired) electrons. The van der Waals surface area contributed by atoms with Gasteiger partial charge in [0.2, 0.25) is 0 Å². The fourth-order valence-corrected chi connectivity index (χ4v) is 5.07. The van der Waals surface area contributed by atoms with Crippen LogP contribution in [0.1, 0.15) is 0 Å². The molecule has 2 aromatic heterocycles. The highest BCUT2D eigenvalue weighted by Crippen LogP contribution is 2.36. The molecule has 7 rings (SSSR count). The Morgan fingerprint density at radius 3 is 2.06 bits per heavy atom. The van der Waals surface area contributed by atoms with Crippen molar-refractivity contribution in [2.75, 3.05) is 0 Å². The number of hydrogen-bond acceptors (Lipinski definition) is 2. The molecule has 0 fully saturated rings. The van der Waals surface area contributed by atoms with E-state index < -0.39 is 0 Å². The summed E-state index contributed by atoms with van der Waals surface area (Å²) in [6.07, 6.45) is 0. The molecule has 2 heterocycles. The van der Waals surface area contributed by atoms with Gasteiger partial charge in [-0.3, -0.25) is 0 Å². The van der Waals surface area contributed by atoms with Gasteiger partial charge in [-0.2, -0.15) is 0 Å². The Morgan fingerprint density at radius 1 is 0.500 bits per heavy atom. The summed E-state index contributed by atoms with van der Waals surface area (Å²) >= 11 is 0. The third kappa shape index (κ3) is 2.74. The Kier molecular flexibility index (Phi) is 4.00. The van der Waals surface area contributed by atoms with E-state index in [-0.39, 0.29) is 5.63 Å². The summed E-state index contributed by atoms with van der Waals surface area (Å²) in [4.78, 5) is 12.6. The van der Waals surface area contributed by atoms with Gasteiger partial charge in [0, 0.05) is 27.9 Å². The predicted molar refractivity (Wildman–Crippen MR) is 140 cm³/mol. The summed E-state index contributed by atoms with van der Waals surface area (Å²) < 4.78 is 7.99. The maximum Gasteiger partial charge on any atom is 0.344 e. The number of rotatable bonds is 2. The minimum atomic E-state index is -0.310. The van der Waals surface area contributed by atoms with Crippen molar-refractivity contribution in [1.29, 1.82) is 0 Å². The van der Waals surface area contributed by atoms with Crippen molar-refractivity contribution < 1.29 is 4.42 Å². The number of para-hydroxylation sites is 1. The molecule has 3 nitrogen and oxygen atoms in total. The Labute approximate surface area is 195 Å². The van der Waals surface area contributed by atoms with Gasteiger partial charge in [0.1, 0.15) is 5.58 Å². The SMILES string of the molecule is O=c1oc2cc(-n3c4ccccc4c4cc(-c5ccccc5)ccc43)ccc2c2ccccc12. The second-order valence-electron chi connectivity index (χ2n) is 8.57. The molecule has 3 heteroatoms. The molecule has 7 aromatic rings. The summed E-state index contributed by atoms with van der Waals surface area (Å²) in [5.74, 6) is 0. The van der Waals surface area contributed by atoms with Crippen LogP contribution >= 0.6 is 0 Å². The molecule has 0 bridgehead atoms. The van der Waals surface area contributed by atoms with Crippen LogP contribution in [0.3, 0.4) is 0 Å². The summed E-state index contributed by atoms with van der Waals surface area (Å²) in [5, 5.41) is 4.83. The first-order valence-corrected chi connectivity index (χ1v) is 11.3. The Morgan fingerprint density at radius 2 is 1.21 bits per heavy atom. The highest BCUT2D eigenvalue weighted by molar-refractivity contribution is 6.11. The second-order valence-corrected chi connectivity index (χ2v) is 8.57. The minimum absolute atomic E-state index is 0.310. The summed E-state index contributed by atoms with van der Waals surface area (Å²) in [6.45, 7) is 0. The van der Waals surface area contributed by atoms with Crippen LogP contribution in [-0.2, 0) is 0 Å². The number of nitrogens with zero attached hydrogens (tertiary/aromatic N) is 1. The van der Waals surface area contributed by atoms with Crippen LogP contribution in [0.15, 0.2) is 124 Å². The first-order chi connectivity index (χ1) is 16.8. The van der Waals surface area contributed by atoms with Gasteiger partial charge in [0.25, 0.3) is 0 Å². The fourth-order valence-electron chi connectivity index (χ4n) is 5.07. The maximum absolute atomic E-state index is 12.6. The Bertz CT molecular complexity index is 1930. The van der Waals surface area contributed by atoms with Gasteiger partial charge in [-0.25, -0.2) is 4.79 Å². The molecule has 5 aromatic carbocycles. The largest absolute Gasteiger partial charge is 0.422 e. The molecule has 0 saturated heterocycles. The Hall–Kier alpha value is -4.63. The summed E-state index contributed by atoms with van der Waals surface area (Å²) in [7, 11) is 0. The van der Waals surface area contributed by atoms with Gasteiger partial charge in [-0.05, 0) is 52.9 Å². The number of fused-ring (bicyclic) bond motifs is 6. The monoisotopic (exact) mass is 437 g/mol. The summed E-state index contributed by atoms with van der Waals surface area (Å²) in [5.41, 5.74) is 5.86. The van der Waals surface area contributed by atoms with Crippen molar-refractivity contribution in [3.05, 3.63) is 126 Å². The van der Waals surface area contributed by atoms with Crippen LogP contribution in [0.5, 0.6) is 0 Å². The molecule has 0 atom stereocenters. The molecule has 0 aliphatic carbocycles. The molecule has 0 amide bonds. The van der Waals surface area contributed by atoms with E-state index in [1.54, 1.807) is 0 Å². The third-order valence-electron chi connectivity index (χ3n) is 6.64. The molecule has 0 aliphatic heterocycles. The van der Waals surface area contributed by atoms with E-state index in [9.17, 15) is 4.79 Å². The van der Waals surface area contributed by atoms with E-state index >= 15 is 0 Å². The fraction of sp³-hybridized carbons (Fsp3) is 0. The van der Waals surface area contributed by atoms with Crippen LogP contribution in [0.2, 0.25) is 0 Å². The molecular weight excluding hydrogens is 418 g/mol. The van der Waals surface area contributed by atoms with Gasteiger partial charge >= 0.3 is 5.63 Å².